The Morgan fingerprint density at radius 2 is 2.00 bits per heavy atom. The number of aromatic nitrogens is 1. The largest absolute Gasteiger partial charge is 0.358 e. The summed E-state index contributed by atoms with van der Waals surface area (Å²) in [6.07, 6.45) is 8.42. The predicted molar refractivity (Wildman–Crippen MR) is 119 cm³/mol. The van der Waals surface area contributed by atoms with Gasteiger partial charge in [0.05, 0.1) is 11.6 Å². The summed E-state index contributed by atoms with van der Waals surface area (Å²) in [5, 5.41) is 10.5. The number of aromatic amines is 1. The number of nitrogens with one attached hydrogen (secondary N) is 1. The van der Waals surface area contributed by atoms with Gasteiger partial charge in [0, 0.05) is 29.7 Å². The van der Waals surface area contributed by atoms with Gasteiger partial charge in [0.1, 0.15) is 0 Å². The van der Waals surface area contributed by atoms with E-state index in [4.69, 9.17) is 5.26 Å². The van der Waals surface area contributed by atoms with Crippen molar-refractivity contribution >= 4 is 16.5 Å². The van der Waals surface area contributed by atoms with Crippen LogP contribution in [0.15, 0.2) is 54.6 Å². The highest BCUT2D eigenvalue weighted by Gasteiger charge is 2.23. The van der Waals surface area contributed by atoms with E-state index >= 15 is 0 Å². The smallest absolute Gasteiger partial charge is 0.0992 e. The zero-order chi connectivity index (χ0) is 19.6. The molecule has 1 aliphatic heterocycles. The first kappa shape index (κ1) is 18.2. The molecule has 2 heterocycles. The molecule has 0 saturated carbocycles. The van der Waals surface area contributed by atoms with Gasteiger partial charge in [-0.05, 0) is 73.4 Å². The first-order valence-corrected chi connectivity index (χ1v) is 10.8. The molecule has 3 heteroatoms. The van der Waals surface area contributed by atoms with E-state index in [2.05, 4.69) is 58.4 Å². The Morgan fingerprint density at radius 1 is 1.10 bits per heavy atom. The maximum absolute atomic E-state index is 9.14. The molecule has 0 radical (unpaired) electrons. The van der Waals surface area contributed by atoms with Crippen LogP contribution >= 0.6 is 0 Å². The topological polar surface area (TPSA) is 42.8 Å². The van der Waals surface area contributed by atoms with Crippen molar-refractivity contribution < 1.29 is 0 Å². The quantitative estimate of drug-likeness (QED) is 0.664. The Kier molecular flexibility index (Phi) is 4.96. The third kappa shape index (κ3) is 3.73. The summed E-state index contributed by atoms with van der Waals surface area (Å²) in [7, 11) is 0. The molecule has 0 saturated heterocycles. The molecular formula is C26H27N3. The van der Waals surface area contributed by atoms with Gasteiger partial charge in [-0.25, -0.2) is 0 Å². The van der Waals surface area contributed by atoms with Crippen LogP contribution < -0.4 is 0 Å². The van der Waals surface area contributed by atoms with E-state index in [-0.39, 0.29) is 0 Å². The second-order valence-corrected chi connectivity index (χ2v) is 8.50. The monoisotopic (exact) mass is 381 g/mol. The van der Waals surface area contributed by atoms with Gasteiger partial charge in [-0.15, -0.1) is 0 Å². The Hall–Kier alpha value is -2.83. The van der Waals surface area contributed by atoms with Crippen molar-refractivity contribution in [2.75, 3.05) is 19.6 Å². The van der Waals surface area contributed by atoms with E-state index in [1.54, 1.807) is 0 Å². The van der Waals surface area contributed by atoms with Crippen molar-refractivity contribution in [2.24, 2.45) is 5.92 Å². The van der Waals surface area contributed by atoms with Crippen LogP contribution in [0.1, 0.15) is 41.6 Å². The third-order valence-electron chi connectivity index (χ3n) is 6.71. The molecule has 29 heavy (non-hydrogen) atoms. The Labute approximate surface area is 172 Å². The number of nitrogens with zero attached hydrogens (tertiary/aromatic N) is 2. The van der Waals surface area contributed by atoms with E-state index in [1.165, 1.54) is 60.1 Å². The zero-order valence-electron chi connectivity index (χ0n) is 16.8. The standard InChI is InChI=1S/C26H27N3/c27-18-20-6-8-23-24-16-19(7-9-25(24)28-26(23)17-20)10-13-29-14-11-22(12-15-29)21-4-2-1-3-5-21/h1-6,8,11,17,19,28H,7,9-10,12-16H2. The minimum Gasteiger partial charge on any atom is -0.358 e. The van der Waals surface area contributed by atoms with Crippen LogP contribution in [-0.4, -0.2) is 29.5 Å². The molecule has 1 N–H and O–H groups in total. The summed E-state index contributed by atoms with van der Waals surface area (Å²) < 4.78 is 0. The number of H-pyrrole nitrogens is 1. The molecule has 1 aliphatic carbocycles. The molecule has 0 fully saturated rings. The van der Waals surface area contributed by atoms with Gasteiger partial charge in [-0.2, -0.15) is 5.26 Å². The molecule has 0 spiro atoms. The van der Waals surface area contributed by atoms with Gasteiger partial charge in [0.15, 0.2) is 0 Å². The highest BCUT2D eigenvalue weighted by Crippen LogP contribution is 2.33. The Balaban J connectivity index is 1.20. The summed E-state index contributed by atoms with van der Waals surface area (Å²) in [6.45, 7) is 3.44. The highest BCUT2D eigenvalue weighted by molar-refractivity contribution is 5.86. The second kappa shape index (κ2) is 7.89. The minimum atomic E-state index is 0.737. The average molecular weight is 382 g/mol. The van der Waals surface area contributed by atoms with E-state index in [1.807, 2.05) is 12.1 Å². The van der Waals surface area contributed by atoms with Gasteiger partial charge >= 0.3 is 0 Å². The fraction of sp³-hybridized carbons (Fsp3) is 0.346. The Morgan fingerprint density at radius 3 is 2.79 bits per heavy atom. The molecule has 146 valence electrons. The van der Waals surface area contributed by atoms with Gasteiger partial charge in [-0.1, -0.05) is 42.5 Å². The van der Waals surface area contributed by atoms with Crippen LogP contribution in [0.2, 0.25) is 0 Å². The number of fused-ring (bicyclic) bond motifs is 3. The lowest BCUT2D eigenvalue weighted by Crippen LogP contribution is -2.31. The van der Waals surface area contributed by atoms with E-state index in [0.29, 0.717) is 0 Å². The van der Waals surface area contributed by atoms with Crippen molar-refractivity contribution in [3.05, 3.63) is 77.0 Å². The second-order valence-electron chi connectivity index (χ2n) is 8.50. The maximum atomic E-state index is 9.14. The van der Waals surface area contributed by atoms with Crippen LogP contribution in [-0.2, 0) is 12.8 Å². The summed E-state index contributed by atoms with van der Waals surface area (Å²) >= 11 is 0. The van der Waals surface area contributed by atoms with Crippen molar-refractivity contribution in [1.82, 2.24) is 9.88 Å². The normalized spacial score (nSPS) is 19.6. The molecular weight excluding hydrogens is 354 g/mol. The average Bonchev–Trinajstić information content (AvgIpc) is 3.15. The SMILES string of the molecule is N#Cc1ccc2c3c([nH]c2c1)CCC(CCN1CC=C(c2ccccc2)CC1)C3. The number of aryl methyl sites for hydroxylation is 1. The maximum Gasteiger partial charge on any atom is 0.0992 e. The highest BCUT2D eigenvalue weighted by atomic mass is 15.1. The summed E-state index contributed by atoms with van der Waals surface area (Å²) in [5.41, 5.74) is 7.63. The lowest BCUT2D eigenvalue weighted by molar-refractivity contribution is 0.265. The third-order valence-corrected chi connectivity index (χ3v) is 6.71. The molecule has 2 aliphatic rings. The number of hydrogen-bond donors (Lipinski definition) is 1. The summed E-state index contributed by atoms with van der Waals surface area (Å²) in [5.74, 6) is 0.761. The summed E-state index contributed by atoms with van der Waals surface area (Å²) in [6, 6.07) is 19.1. The molecule has 5 rings (SSSR count). The number of nitriles is 1. The van der Waals surface area contributed by atoms with Crippen LogP contribution in [0.25, 0.3) is 16.5 Å². The number of benzene rings is 2. The van der Waals surface area contributed by atoms with Crippen molar-refractivity contribution in [2.45, 2.75) is 32.1 Å². The van der Waals surface area contributed by atoms with Crippen molar-refractivity contribution in [1.29, 1.82) is 5.26 Å². The molecule has 3 aromatic rings. The van der Waals surface area contributed by atoms with Crippen LogP contribution in [0.3, 0.4) is 0 Å². The van der Waals surface area contributed by atoms with Crippen LogP contribution in [0.5, 0.6) is 0 Å². The van der Waals surface area contributed by atoms with E-state index in [9.17, 15) is 0 Å². The fourth-order valence-electron chi connectivity index (χ4n) is 5.01. The fourth-order valence-corrected chi connectivity index (χ4v) is 5.01. The first-order chi connectivity index (χ1) is 14.3. The van der Waals surface area contributed by atoms with Gasteiger partial charge in [-0.3, -0.25) is 4.90 Å². The van der Waals surface area contributed by atoms with Crippen molar-refractivity contribution in [3.63, 3.8) is 0 Å². The minimum absolute atomic E-state index is 0.737. The van der Waals surface area contributed by atoms with E-state index < -0.39 is 0 Å². The number of rotatable bonds is 4. The Bertz CT molecular complexity index is 1080. The zero-order valence-corrected chi connectivity index (χ0v) is 16.8. The molecule has 2 aromatic carbocycles. The van der Waals surface area contributed by atoms with E-state index in [0.717, 1.165) is 36.4 Å². The number of hydrogen-bond acceptors (Lipinski definition) is 2. The molecule has 0 bridgehead atoms. The van der Waals surface area contributed by atoms with Crippen LogP contribution in [0.4, 0.5) is 0 Å². The predicted octanol–water partition coefficient (Wildman–Crippen LogP) is 5.32. The van der Waals surface area contributed by atoms with Gasteiger partial charge in [0.2, 0.25) is 0 Å². The molecule has 1 unspecified atom stereocenters. The molecule has 1 atom stereocenters. The molecule has 1 aromatic heterocycles. The molecule has 0 amide bonds. The summed E-state index contributed by atoms with van der Waals surface area (Å²) in [4.78, 5) is 6.18. The first-order valence-electron chi connectivity index (χ1n) is 10.8. The van der Waals surface area contributed by atoms with Crippen LogP contribution in [0, 0.1) is 17.2 Å². The molecule has 3 nitrogen and oxygen atoms in total. The van der Waals surface area contributed by atoms with Gasteiger partial charge in [0.25, 0.3) is 0 Å². The van der Waals surface area contributed by atoms with Crippen molar-refractivity contribution in [3.8, 4) is 6.07 Å². The van der Waals surface area contributed by atoms with Gasteiger partial charge < -0.3 is 4.98 Å². The lowest BCUT2D eigenvalue weighted by atomic mass is 9.84. The lowest BCUT2D eigenvalue weighted by Gasteiger charge is -2.29.